The summed E-state index contributed by atoms with van der Waals surface area (Å²) in [4.78, 5) is 0. The van der Waals surface area contributed by atoms with Crippen molar-refractivity contribution in [2.45, 2.75) is 32.1 Å². The molecule has 1 nitrogen and oxygen atoms in total. The van der Waals surface area contributed by atoms with Gasteiger partial charge in [0.15, 0.2) is 0 Å². The zero-order valence-electron chi connectivity index (χ0n) is 11.6. The van der Waals surface area contributed by atoms with Crippen molar-refractivity contribution >= 4 is 11.6 Å². The van der Waals surface area contributed by atoms with Crippen LogP contribution in [0.15, 0.2) is 48.5 Å². The molecule has 2 rings (SSSR count). The maximum atomic E-state index is 6.07. The molecule has 19 heavy (non-hydrogen) atoms. The molecule has 0 atom stereocenters. The standard InChI is InChI=1S/C17H19ClO/c1-17(2,3)14-9-5-7-11-16(14)19-15-10-6-4-8-13(15)12-18/h4-11H,12H2,1-3H3. The molecule has 2 aromatic rings. The van der Waals surface area contributed by atoms with Gasteiger partial charge in [0.05, 0.1) is 5.88 Å². The van der Waals surface area contributed by atoms with Crippen molar-refractivity contribution < 1.29 is 4.74 Å². The summed E-state index contributed by atoms with van der Waals surface area (Å²) in [6, 6.07) is 16.0. The number of para-hydroxylation sites is 2. The van der Waals surface area contributed by atoms with Gasteiger partial charge in [0.2, 0.25) is 0 Å². The summed E-state index contributed by atoms with van der Waals surface area (Å²) in [7, 11) is 0. The number of hydrogen-bond donors (Lipinski definition) is 0. The van der Waals surface area contributed by atoms with Crippen molar-refractivity contribution in [3.63, 3.8) is 0 Å². The van der Waals surface area contributed by atoms with E-state index in [9.17, 15) is 0 Å². The van der Waals surface area contributed by atoms with Crippen molar-refractivity contribution in [1.29, 1.82) is 0 Å². The second-order valence-electron chi connectivity index (χ2n) is 5.59. The summed E-state index contributed by atoms with van der Waals surface area (Å²) in [5, 5.41) is 0. The van der Waals surface area contributed by atoms with Gasteiger partial charge in [-0.25, -0.2) is 0 Å². The van der Waals surface area contributed by atoms with E-state index in [1.807, 2.05) is 42.5 Å². The van der Waals surface area contributed by atoms with Crippen molar-refractivity contribution in [3.8, 4) is 11.5 Å². The normalized spacial score (nSPS) is 11.4. The van der Waals surface area contributed by atoms with Gasteiger partial charge in [0, 0.05) is 11.1 Å². The largest absolute Gasteiger partial charge is 0.457 e. The van der Waals surface area contributed by atoms with Crippen LogP contribution in [0, 0.1) is 0 Å². The quantitative estimate of drug-likeness (QED) is 0.670. The summed E-state index contributed by atoms with van der Waals surface area (Å²) < 4.78 is 6.07. The predicted molar refractivity (Wildman–Crippen MR) is 81.2 cm³/mol. The van der Waals surface area contributed by atoms with E-state index < -0.39 is 0 Å². The molecule has 0 heterocycles. The van der Waals surface area contributed by atoms with Gasteiger partial charge < -0.3 is 4.74 Å². The van der Waals surface area contributed by atoms with Gasteiger partial charge in [0.1, 0.15) is 11.5 Å². The molecule has 2 aromatic carbocycles. The first-order valence-electron chi connectivity index (χ1n) is 6.43. The zero-order valence-corrected chi connectivity index (χ0v) is 12.4. The average Bonchev–Trinajstić information content (AvgIpc) is 2.39. The third-order valence-corrected chi connectivity index (χ3v) is 3.32. The summed E-state index contributed by atoms with van der Waals surface area (Å²) >= 11 is 5.95. The van der Waals surface area contributed by atoms with Crippen LogP contribution in [0.2, 0.25) is 0 Å². The van der Waals surface area contributed by atoms with Crippen LogP contribution in [0.1, 0.15) is 31.9 Å². The van der Waals surface area contributed by atoms with E-state index in [1.54, 1.807) is 0 Å². The molecule has 0 N–H and O–H groups in total. The molecule has 0 amide bonds. The van der Waals surface area contributed by atoms with Gasteiger partial charge in [-0.15, -0.1) is 11.6 Å². The molecular formula is C17H19ClO. The van der Waals surface area contributed by atoms with Gasteiger partial charge in [0.25, 0.3) is 0 Å². The SMILES string of the molecule is CC(C)(C)c1ccccc1Oc1ccccc1CCl. The van der Waals surface area contributed by atoms with Crippen LogP contribution in [0.4, 0.5) is 0 Å². The van der Waals surface area contributed by atoms with Crippen LogP contribution >= 0.6 is 11.6 Å². The molecular weight excluding hydrogens is 256 g/mol. The molecule has 0 saturated carbocycles. The van der Waals surface area contributed by atoms with E-state index in [1.165, 1.54) is 5.56 Å². The van der Waals surface area contributed by atoms with Gasteiger partial charge in [-0.3, -0.25) is 0 Å². The minimum atomic E-state index is 0.0481. The average molecular weight is 275 g/mol. The van der Waals surface area contributed by atoms with E-state index in [0.29, 0.717) is 5.88 Å². The van der Waals surface area contributed by atoms with Crippen molar-refractivity contribution in [2.24, 2.45) is 0 Å². The van der Waals surface area contributed by atoms with Crippen LogP contribution in [-0.4, -0.2) is 0 Å². The van der Waals surface area contributed by atoms with Gasteiger partial charge in [-0.2, -0.15) is 0 Å². The Balaban J connectivity index is 2.39. The maximum Gasteiger partial charge on any atom is 0.131 e. The number of ether oxygens (including phenoxy) is 1. The third-order valence-electron chi connectivity index (χ3n) is 3.03. The van der Waals surface area contributed by atoms with E-state index >= 15 is 0 Å². The highest BCUT2D eigenvalue weighted by molar-refractivity contribution is 6.17. The first-order valence-corrected chi connectivity index (χ1v) is 6.97. The number of hydrogen-bond acceptors (Lipinski definition) is 1. The fourth-order valence-electron chi connectivity index (χ4n) is 2.01. The smallest absolute Gasteiger partial charge is 0.131 e. The second kappa shape index (κ2) is 5.66. The minimum absolute atomic E-state index is 0.0481. The number of halogens is 1. The molecule has 0 aliphatic rings. The third kappa shape index (κ3) is 3.30. The Kier molecular flexibility index (Phi) is 4.16. The van der Waals surface area contributed by atoms with Crippen molar-refractivity contribution in [2.75, 3.05) is 0 Å². The monoisotopic (exact) mass is 274 g/mol. The molecule has 0 bridgehead atoms. The van der Waals surface area contributed by atoms with Gasteiger partial charge in [-0.05, 0) is 17.5 Å². The first-order chi connectivity index (χ1) is 9.02. The lowest BCUT2D eigenvalue weighted by Gasteiger charge is -2.23. The highest BCUT2D eigenvalue weighted by atomic mass is 35.5. The highest BCUT2D eigenvalue weighted by Crippen LogP contribution is 2.35. The van der Waals surface area contributed by atoms with E-state index in [-0.39, 0.29) is 5.41 Å². The Morgan fingerprint density at radius 1 is 0.895 bits per heavy atom. The molecule has 0 aliphatic carbocycles. The van der Waals surface area contributed by atoms with E-state index in [4.69, 9.17) is 16.3 Å². The van der Waals surface area contributed by atoms with Crippen LogP contribution in [-0.2, 0) is 11.3 Å². The lowest BCUT2D eigenvalue weighted by molar-refractivity contribution is 0.452. The molecule has 0 unspecified atom stereocenters. The van der Waals surface area contributed by atoms with Gasteiger partial charge >= 0.3 is 0 Å². The molecule has 100 valence electrons. The van der Waals surface area contributed by atoms with Crippen LogP contribution in [0.3, 0.4) is 0 Å². The number of benzene rings is 2. The molecule has 0 radical (unpaired) electrons. The molecule has 0 aliphatic heterocycles. The highest BCUT2D eigenvalue weighted by Gasteiger charge is 2.19. The Bertz CT molecular complexity index is 555. The predicted octanol–water partition coefficient (Wildman–Crippen LogP) is 5.52. The molecule has 0 aromatic heterocycles. The number of rotatable bonds is 3. The molecule has 0 saturated heterocycles. The Labute approximate surface area is 120 Å². The number of alkyl halides is 1. The zero-order chi connectivity index (χ0) is 13.9. The van der Waals surface area contributed by atoms with Crippen molar-refractivity contribution in [3.05, 3.63) is 59.7 Å². The first kappa shape index (κ1) is 14.0. The summed E-state index contributed by atoms with van der Waals surface area (Å²) in [5.41, 5.74) is 2.25. The molecule has 2 heteroatoms. The lowest BCUT2D eigenvalue weighted by Crippen LogP contribution is -2.12. The Morgan fingerprint density at radius 3 is 2.11 bits per heavy atom. The lowest BCUT2D eigenvalue weighted by atomic mass is 9.86. The summed E-state index contributed by atoms with van der Waals surface area (Å²) in [6.45, 7) is 6.55. The fraction of sp³-hybridized carbons (Fsp3) is 0.294. The summed E-state index contributed by atoms with van der Waals surface area (Å²) in [6.07, 6.45) is 0. The van der Waals surface area contributed by atoms with E-state index in [0.717, 1.165) is 17.1 Å². The maximum absolute atomic E-state index is 6.07. The Morgan fingerprint density at radius 2 is 1.47 bits per heavy atom. The van der Waals surface area contributed by atoms with Crippen LogP contribution in [0.25, 0.3) is 0 Å². The molecule has 0 fully saturated rings. The summed E-state index contributed by atoms with van der Waals surface area (Å²) in [5.74, 6) is 2.18. The Hall–Kier alpha value is -1.47. The van der Waals surface area contributed by atoms with Crippen molar-refractivity contribution in [1.82, 2.24) is 0 Å². The van der Waals surface area contributed by atoms with Crippen LogP contribution in [0.5, 0.6) is 11.5 Å². The van der Waals surface area contributed by atoms with Gasteiger partial charge in [-0.1, -0.05) is 57.2 Å². The van der Waals surface area contributed by atoms with E-state index in [2.05, 4.69) is 26.8 Å². The molecule has 0 spiro atoms. The minimum Gasteiger partial charge on any atom is -0.457 e. The fourth-order valence-corrected chi connectivity index (χ4v) is 2.23. The second-order valence-corrected chi connectivity index (χ2v) is 5.86. The topological polar surface area (TPSA) is 9.23 Å². The van der Waals surface area contributed by atoms with Crippen LogP contribution < -0.4 is 4.74 Å².